The summed E-state index contributed by atoms with van der Waals surface area (Å²) in [6.45, 7) is 1.76. The zero-order valence-corrected chi connectivity index (χ0v) is 15.0. The van der Waals surface area contributed by atoms with E-state index in [0.29, 0.717) is 6.42 Å². The van der Waals surface area contributed by atoms with Gasteiger partial charge in [0.2, 0.25) is 5.88 Å². The van der Waals surface area contributed by atoms with Gasteiger partial charge in [-0.3, -0.25) is 19.4 Å². The molecule has 1 fully saturated rings. The second-order valence-corrected chi connectivity index (χ2v) is 6.64. The molecule has 0 bridgehead atoms. The predicted octanol–water partition coefficient (Wildman–Crippen LogP) is 1.83. The summed E-state index contributed by atoms with van der Waals surface area (Å²) in [5.74, 6) is -0.751. The van der Waals surface area contributed by atoms with E-state index in [4.69, 9.17) is 0 Å². The maximum absolute atomic E-state index is 13.0. The molecule has 2 aromatic rings. The van der Waals surface area contributed by atoms with E-state index in [-0.39, 0.29) is 17.9 Å². The number of aryl methyl sites for hydroxylation is 1. The number of nitrogens with one attached hydrogen (secondary N) is 1. The molecule has 1 aliphatic rings. The standard InChI is InChI=1S/C19H23FN4O3/c20-15-7-5-14(6-8-15)9-12-24-18(26)16(17(25)22-19(24)27)13-21-23-10-3-1-2-4-11-23/h5-8,13,26H,1-4,9-12H2,(H,22,25,27). The molecule has 0 unspecified atom stereocenters. The zero-order valence-electron chi connectivity index (χ0n) is 15.0. The molecule has 144 valence electrons. The molecule has 1 saturated heterocycles. The first-order chi connectivity index (χ1) is 13.0. The fourth-order valence-corrected chi connectivity index (χ4v) is 3.10. The van der Waals surface area contributed by atoms with Gasteiger partial charge >= 0.3 is 5.69 Å². The summed E-state index contributed by atoms with van der Waals surface area (Å²) in [7, 11) is 0. The van der Waals surface area contributed by atoms with Crippen LogP contribution in [-0.2, 0) is 13.0 Å². The molecule has 0 saturated carbocycles. The molecule has 0 aliphatic carbocycles. The lowest BCUT2D eigenvalue weighted by molar-refractivity contribution is 0.302. The van der Waals surface area contributed by atoms with Crippen molar-refractivity contribution in [3.63, 3.8) is 0 Å². The van der Waals surface area contributed by atoms with Crippen molar-refractivity contribution in [1.29, 1.82) is 0 Å². The van der Waals surface area contributed by atoms with Crippen LogP contribution in [0.3, 0.4) is 0 Å². The highest BCUT2D eigenvalue weighted by molar-refractivity contribution is 5.81. The SMILES string of the molecule is O=c1[nH]c(=O)n(CCc2ccc(F)cc2)c(O)c1C=NN1CCCCCC1. The fraction of sp³-hybridized carbons (Fsp3) is 0.421. The summed E-state index contributed by atoms with van der Waals surface area (Å²) >= 11 is 0. The van der Waals surface area contributed by atoms with Crippen LogP contribution in [0.4, 0.5) is 4.39 Å². The minimum atomic E-state index is -0.688. The van der Waals surface area contributed by atoms with E-state index in [2.05, 4.69) is 10.1 Å². The number of aromatic amines is 1. The minimum Gasteiger partial charge on any atom is -0.494 e. The van der Waals surface area contributed by atoms with E-state index >= 15 is 0 Å². The van der Waals surface area contributed by atoms with E-state index in [1.54, 1.807) is 12.1 Å². The number of hydrogen-bond donors (Lipinski definition) is 2. The van der Waals surface area contributed by atoms with Crippen LogP contribution in [0.15, 0.2) is 39.0 Å². The third kappa shape index (κ3) is 4.84. The molecule has 1 aliphatic heterocycles. The number of H-pyrrole nitrogens is 1. The molecule has 2 N–H and O–H groups in total. The molecule has 1 aromatic heterocycles. The maximum Gasteiger partial charge on any atom is 0.331 e. The van der Waals surface area contributed by atoms with Crippen LogP contribution < -0.4 is 11.2 Å². The monoisotopic (exact) mass is 374 g/mol. The van der Waals surface area contributed by atoms with Crippen LogP contribution in [0.5, 0.6) is 5.88 Å². The van der Waals surface area contributed by atoms with Crippen molar-refractivity contribution in [3.8, 4) is 5.88 Å². The third-order valence-electron chi connectivity index (χ3n) is 4.68. The van der Waals surface area contributed by atoms with E-state index in [0.717, 1.165) is 48.9 Å². The Morgan fingerprint density at radius 2 is 1.78 bits per heavy atom. The molecule has 0 amide bonds. The van der Waals surface area contributed by atoms with Crippen LogP contribution in [0.2, 0.25) is 0 Å². The molecule has 0 spiro atoms. The Bertz CT molecular complexity index is 910. The molecule has 7 nitrogen and oxygen atoms in total. The lowest BCUT2D eigenvalue weighted by Crippen LogP contribution is -2.33. The van der Waals surface area contributed by atoms with Crippen molar-refractivity contribution in [1.82, 2.24) is 14.6 Å². The van der Waals surface area contributed by atoms with E-state index in [9.17, 15) is 19.1 Å². The summed E-state index contributed by atoms with van der Waals surface area (Å²) in [5.41, 5.74) is -0.590. The van der Waals surface area contributed by atoms with Gasteiger partial charge in [-0.1, -0.05) is 25.0 Å². The molecule has 2 heterocycles. The van der Waals surface area contributed by atoms with Crippen molar-refractivity contribution in [2.45, 2.75) is 38.6 Å². The van der Waals surface area contributed by atoms with Crippen molar-refractivity contribution < 1.29 is 9.50 Å². The van der Waals surface area contributed by atoms with Gasteiger partial charge in [0.15, 0.2) is 0 Å². The maximum atomic E-state index is 13.0. The Hall–Kier alpha value is -2.90. The van der Waals surface area contributed by atoms with Crippen LogP contribution in [0.1, 0.15) is 36.8 Å². The van der Waals surface area contributed by atoms with Gasteiger partial charge in [-0.25, -0.2) is 9.18 Å². The Morgan fingerprint density at radius 3 is 2.44 bits per heavy atom. The number of hydrazone groups is 1. The molecular weight excluding hydrogens is 351 g/mol. The highest BCUT2D eigenvalue weighted by Crippen LogP contribution is 2.12. The quantitative estimate of drug-likeness (QED) is 0.782. The van der Waals surface area contributed by atoms with Gasteiger partial charge in [-0.2, -0.15) is 5.10 Å². The van der Waals surface area contributed by atoms with E-state index < -0.39 is 17.1 Å². The largest absolute Gasteiger partial charge is 0.494 e. The molecule has 8 heteroatoms. The summed E-state index contributed by atoms with van der Waals surface area (Å²) < 4.78 is 14.1. The van der Waals surface area contributed by atoms with Gasteiger partial charge in [0.25, 0.3) is 5.56 Å². The molecule has 27 heavy (non-hydrogen) atoms. The van der Waals surface area contributed by atoms with E-state index in [1.165, 1.54) is 18.3 Å². The smallest absolute Gasteiger partial charge is 0.331 e. The van der Waals surface area contributed by atoms with Crippen molar-refractivity contribution in [2.24, 2.45) is 5.10 Å². The number of rotatable bonds is 5. The Balaban J connectivity index is 1.80. The van der Waals surface area contributed by atoms with Gasteiger partial charge in [0.1, 0.15) is 11.4 Å². The lowest BCUT2D eigenvalue weighted by atomic mass is 10.1. The van der Waals surface area contributed by atoms with Crippen LogP contribution in [0.25, 0.3) is 0 Å². The Labute approximate surface area is 155 Å². The number of aromatic nitrogens is 2. The minimum absolute atomic E-state index is 0.0436. The lowest BCUT2D eigenvalue weighted by Gasteiger charge is -2.15. The first kappa shape index (κ1) is 18.9. The highest BCUT2D eigenvalue weighted by Gasteiger charge is 2.13. The van der Waals surface area contributed by atoms with Crippen molar-refractivity contribution >= 4 is 6.21 Å². The van der Waals surface area contributed by atoms with E-state index in [1.807, 2.05) is 5.01 Å². The summed E-state index contributed by atoms with van der Waals surface area (Å²) in [6.07, 6.45) is 6.11. The summed E-state index contributed by atoms with van der Waals surface area (Å²) in [6, 6.07) is 5.91. The Morgan fingerprint density at radius 1 is 1.11 bits per heavy atom. The molecule has 0 radical (unpaired) electrons. The number of nitrogens with zero attached hydrogens (tertiary/aromatic N) is 3. The molecule has 3 rings (SSSR count). The normalized spacial score (nSPS) is 15.2. The topological polar surface area (TPSA) is 90.7 Å². The average Bonchev–Trinajstić information content (AvgIpc) is 2.91. The number of halogens is 1. The fourth-order valence-electron chi connectivity index (χ4n) is 3.10. The first-order valence-corrected chi connectivity index (χ1v) is 9.14. The zero-order chi connectivity index (χ0) is 19.2. The Kier molecular flexibility index (Phi) is 6.05. The average molecular weight is 374 g/mol. The van der Waals surface area contributed by atoms with Gasteiger partial charge in [0, 0.05) is 19.6 Å². The van der Waals surface area contributed by atoms with Gasteiger partial charge in [0.05, 0.1) is 6.21 Å². The molecule has 1 aromatic carbocycles. The second kappa shape index (κ2) is 8.66. The van der Waals surface area contributed by atoms with Crippen LogP contribution in [-0.4, -0.2) is 39.0 Å². The summed E-state index contributed by atoms with van der Waals surface area (Å²) in [5, 5.41) is 16.6. The number of hydrogen-bond acceptors (Lipinski definition) is 5. The second-order valence-electron chi connectivity index (χ2n) is 6.64. The van der Waals surface area contributed by atoms with Gasteiger partial charge < -0.3 is 5.11 Å². The van der Waals surface area contributed by atoms with Crippen molar-refractivity contribution in [2.75, 3.05) is 13.1 Å². The van der Waals surface area contributed by atoms with Crippen LogP contribution >= 0.6 is 0 Å². The van der Waals surface area contributed by atoms with Gasteiger partial charge in [-0.05, 0) is 37.0 Å². The molecule has 0 atom stereocenters. The third-order valence-corrected chi connectivity index (χ3v) is 4.68. The molecular formula is C19H23FN4O3. The highest BCUT2D eigenvalue weighted by atomic mass is 19.1. The van der Waals surface area contributed by atoms with Crippen LogP contribution in [0, 0.1) is 5.82 Å². The number of aromatic hydroxyl groups is 1. The van der Waals surface area contributed by atoms with Crippen molar-refractivity contribution in [3.05, 3.63) is 62.0 Å². The van der Waals surface area contributed by atoms with Gasteiger partial charge in [-0.15, -0.1) is 0 Å². The predicted molar refractivity (Wildman–Crippen MR) is 101 cm³/mol. The first-order valence-electron chi connectivity index (χ1n) is 9.14. The summed E-state index contributed by atoms with van der Waals surface area (Å²) in [4.78, 5) is 26.4. The number of benzene rings is 1.